The lowest BCUT2D eigenvalue weighted by molar-refractivity contribution is 0.0698. The van der Waals surface area contributed by atoms with Crippen molar-refractivity contribution in [3.05, 3.63) is 40.3 Å². The van der Waals surface area contributed by atoms with Gasteiger partial charge in [0.2, 0.25) is 0 Å². The van der Waals surface area contributed by atoms with E-state index < -0.39 is 11.8 Å². The van der Waals surface area contributed by atoms with Crippen LogP contribution < -0.4 is 0 Å². The fourth-order valence-electron chi connectivity index (χ4n) is 3.06. The summed E-state index contributed by atoms with van der Waals surface area (Å²) in [6, 6.07) is 4.16. The number of nitrogens with zero attached hydrogens (tertiary/aromatic N) is 1. The van der Waals surface area contributed by atoms with E-state index in [-0.39, 0.29) is 27.4 Å². The first-order valence-electron chi connectivity index (χ1n) is 7.10. The van der Waals surface area contributed by atoms with Crippen LogP contribution in [0.2, 0.25) is 5.02 Å². The number of aromatic carboxylic acids is 1. The lowest BCUT2D eigenvalue weighted by atomic mass is 9.86. The van der Waals surface area contributed by atoms with E-state index in [2.05, 4.69) is 4.98 Å². The molecule has 1 aliphatic carbocycles. The third-order valence-corrected chi connectivity index (χ3v) is 4.45. The van der Waals surface area contributed by atoms with Gasteiger partial charge in [-0.2, -0.15) is 0 Å². The average Bonchev–Trinajstić information content (AvgIpc) is 2.51. The predicted octanol–water partition coefficient (Wildman–Crippen LogP) is 4.77. The van der Waals surface area contributed by atoms with Crippen LogP contribution in [0.25, 0.3) is 10.9 Å². The molecule has 1 aromatic heterocycles. The summed E-state index contributed by atoms with van der Waals surface area (Å²) in [4.78, 5) is 15.9. The summed E-state index contributed by atoms with van der Waals surface area (Å²) >= 11 is 6.05. The monoisotopic (exact) mass is 307 g/mol. The molecule has 0 atom stereocenters. The minimum atomic E-state index is -1.10. The molecule has 110 valence electrons. The van der Waals surface area contributed by atoms with Gasteiger partial charge in [0.15, 0.2) is 0 Å². The fraction of sp³-hybridized carbons (Fsp3) is 0.375. The van der Waals surface area contributed by atoms with Crippen molar-refractivity contribution in [2.45, 2.75) is 38.0 Å². The molecule has 1 saturated carbocycles. The number of fused-ring (bicyclic) bond motifs is 1. The minimum Gasteiger partial charge on any atom is -0.478 e. The van der Waals surface area contributed by atoms with Gasteiger partial charge in [-0.15, -0.1) is 0 Å². The quantitative estimate of drug-likeness (QED) is 0.869. The molecule has 0 aliphatic heterocycles. The van der Waals surface area contributed by atoms with Crippen molar-refractivity contribution in [3.63, 3.8) is 0 Å². The standard InChI is InChI=1S/C16H15ClFNO2/c17-11-6-7-12(18)15-14(11)10(16(20)21)8-13(19-15)9-4-2-1-3-5-9/h6-9H,1-5H2,(H,20,21). The maximum Gasteiger partial charge on any atom is 0.336 e. The molecule has 1 aromatic carbocycles. The third kappa shape index (κ3) is 2.60. The molecule has 0 amide bonds. The summed E-state index contributed by atoms with van der Waals surface area (Å²) < 4.78 is 14.0. The van der Waals surface area contributed by atoms with Crippen molar-refractivity contribution in [2.24, 2.45) is 0 Å². The number of carboxylic acid groups (broad SMARTS) is 1. The summed E-state index contributed by atoms with van der Waals surface area (Å²) in [5.41, 5.74) is 0.758. The zero-order chi connectivity index (χ0) is 15.0. The van der Waals surface area contributed by atoms with Crippen LogP contribution in [0.4, 0.5) is 4.39 Å². The molecule has 21 heavy (non-hydrogen) atoms. The Morgan fingerprint density at radius 3 is 2.67 bits per heavy atom. The van der Waals surface area contributed by atoms with Crippen LogP contribution in [0.1, 0.15) is 54.1 Å². The largest absolute Gasteiger partial charge is 0.478 e. The Kier molecular flexibility index (Phi) is 3.81. The molecular formula is C16H15ClFNO2. The minimum absolute atomic E-state index is 0.0325. The van der Waals surface area contributed by atoms with Gasteiger partial charge in [0.05, 0.1) is 10.6 Å². The maximum atomic E-state index is 14.0. The second kappa shape index (κ2) is 5.60. The molecular weight excluding hydrogens is 293 g/mol. The molecule has 1 aliphatic rings. The van der Waals surface area contributed by atoms with Crippen LogP contribution in [-0.2, 0) is 0 Å². The van der Waals surface area contributed by atoms with E-state index in [0.717, 1.165) is 25.7 Å². The zero-order valence-corrected chi connectivity index (χ0v) is 12.2. The number of rotatable bonds is 2. The highest BCUT2D eigenvalue weighted by atomic mass is 35.5. The van der Waals surface area contributed by atoms with Crippen molar-refractivity contribution in [1.82, 2.24) is 4.98 Å². The number of halogens is 2. The number of carboxylic acids is 1. The fourth-order valence-corrected chi connectivity index (χ4v) is 3.32. The Labute approximate surface area is 126 Å². The molecule has 0 unspecified atom stereocenters. The predicted molar refractivity (Wildman–Crippen MR) is 79.5 cm³/mol. The summed E-state index contributed by atoms with van der Waals surface area (Å²) in [5, 5.41) is 9.81. The van der Waals surface area contributed by atoms with Crippen LogP contribution in [0, 0.1) is 5.82 Å². The summed E-state index contributed by atoms with van der Waals surface area (Å²) in [7, 11) is 0. The van der Waals surface area contributed by atoms with Gasteiger partial charge in [-0.3, -0.25) is 0 Å². The molecule has 5 heteroatoms. The second-order valence-corrected chi connectivity index (χ2v) is 5.89. The smallest absolute Gasteiger partial charge is 0.336 e. The molecule has 0 saturated heterocycles. The third-order valence-electron chi connectivity index (χ3n) is 4.13. The van der Waals surface area contributed by atoms with Crippen LogP contribution >= 0.6 is 11.6 Å². The van der Waals surface area contributed by atoms with Crippen LogP contribution in [0.15, 0.2) is 18.2 Å². The van der Waals surface area contributed by atoms with Crippen molar-refractivity contribution in [1.29, 1.82) is 0 Å². The van der Waals surface area contributed by atoms with Crippen molar-refractivity contribution < 1.29 is 14.3 Å². The topological polar surface area (TPSA) is 50.2 Å². The summed E-state index contributed by atoms with van der Waals surface area (Å²) in [6.45, 7) is 0. The number of aromatic nitrogens is 1. The highest BCUT2D eigenvalue weighted by Crippen LogP contribution is 2.35. The van der Waals surface area contributed by atoms with Gasteiger partial charge in [-0.25, -0.2) is 14.2 Å². The van der Waals surface area contributed by atoms with Gasteiger partial charge in [0, 0.05) is 17.0 Å². The van der Waals surface area contributed by atoms with Crippen LogP contribution in [0.5, 0.6) is 0 Å². The molecule has 1 heterocycles. The van der Waals surface area contributed by atoms with E-state index in [1.807, 2.05) is 0 Å². The van der Waals surface area contributed by atoms with E-state index in [9.17, 15) is 14.3 Å². The second-order valence-electron chi connectivity index (χ2n) is 5.49. The highest BCUT2D eigenvalue weighted by Gasteiger charge is 2.22. The Bertz CT molecular complexity index is 711. The Hall–Kier alpha value is -1.68. The van der Waals surface area contributed by atoms with Gasteiger partial charge < -0.3 is 5.11 Å². The normalized spacial score (nSPS) is 16.3. The molecule has 2 aromatic rings. The number of hydrogen-bond acceptors (Lipinski definition) is 2. The first-order valence-corrected chi connectivity index (χ1v) is 7.47. The Morgan fingerprint density at radius 2 is 2.00 bits per heavy atom. The lowest BCUT2D eigenvalue weighted by Crippen LogP contribution is -2.10. The number of hydrogen-bond donors (Lipinski definition) is 1. The van der Waals surface area contributed by atoms with Crippen molar-refractivity contribution in [3.8, 4) is 0 Å². The van der Waals surface area contributed by atoms with E-state index in [4.69, 9.17) is 11.6 Å². The average molecular weight is 308 g/mol. The van der Waals surface area contributed by atoms with Crippen molar-refractivity contribution >= 4 is 28.5 Å². The van der Waals surface area contributed by atoms with E-state index in [0.29, 0.717) is 5.69 Å². The molecule has 0 bridgehead atoms. The molecule has 0 radical (unpaired) electrons. The van der Waals surface area contributed by atoms with Crippen LogP contribution in [-0.4, -0.2) is 16.1 Å². The molecule has 1 N–H and O–H groups in total. The Balaban J connectivity index is 2.24. The van der Waals surface area contributed by atoms with E-state index in [1.165, 1.54) is 18.6 Å². The van der Waals surface area contributed by atoms with E-state index >= 15 is 0 Å². The molecule has 0 spiro atoms. The highest BCUT2D eigenvalue weighted by molar-refractivity contribution is 6.36. The van der Waals surface area contributed by atoms with Gasteiger partial charge in [-0.1, -0.05) is 30.9 Å². The summed E-state index contributed by atoms with van der Waals surface area (Å²) in [5.74, 6) is -1.43. The Morgan fingerprint density at radius 1 is 1.29 bits per heavy atom. The zero-order valence-electron chi connectivity index (χ0n) is 11.4. The maximum absolute atomic E-state index is 14.0. The number of pyridine rings is 1. The number of benzene rings is 1. The SMILES string of the molecule is O=C(O)c1cc(C2CCCCC2)nc2c(F)ccc(Cl)c12. The van der Waals surface area contributed by atoms with Gasteiger partial charge in [0.25, 0.3) is 0 Å². The van der Waals surface area contributed by atoms with Gasteiger partial charge in [-0.05, 0) is 31.0 Å². The van der Waals surface area contributed by atoms with Gasteiger partial charge in [0.1, 0.15) is 11.3 Å². The number of carbonyl (C=O) groups is 1. The lowest BCUT2D eigenvalue weighted by Gasteiger charge is -2.22. The van der Waals surface area contributed by atoms with Gasteiger partial charge >= 0.3 is 5.97 Å². The van der Waals surface area contributed by atoms with Crippen molar-refractivity contribution in [2.75, 3.05) is 0 Å². The molecule has 1 fully saturated rings. The molecule has 3 rings (SSSR count). The van der Waals surface area contributed by atoms with Crippen LogP contribution in [0.3, 0.4) is 0 Å². The first kappa shape index (κ1) is 14.3. The van der Waals surface area contributed by atoms with E-state index in [1.54, 1.807) is 6.07 Å². The molecule has 3 nitrogen and oxygen atoms in total. The first-order chi connectivity index (χ1) is 10.1. The summed E-state index contributed by atoms with van der Waals surface area (Å²) in [6.07, 6.45) is 5.34.